The first kappa shape index (κ1) is 20.2. The summed E-state index contributed by atoms with van der Waals surface area (Å²) in [5, 5.41) is 3.19. The van der Waals surface area contributed by atoms with E-state index in [0.29, 0.717) is 12.1 Å². The molecule has 2 atom stereocenters. The molecule has 0 saturated carbocycles. The van der Waals surface area contributed by atoms with Crippen LogP contribution in [0.15, 0.2) is 46.9 Å². The zero-order valence-corrected chi connectivity index (χ0v) is 18.0. The molecular formula is C19H19ClN4O3S2. The molecule has 3 aromatic rings. The number of fused-ring (bicyclic) bond motifs is 1. The molecule has 10 heteroatoms. The van der Waals surface area contributed by atoms with Crippen LogP contribution < -0.4 is 5.32 Å². The average Bonchev–Trinajstić information content (AvgIpc) is 3.16. The van der Waals surface area contributed by atoms with Gasteiger partial charge in [-0.2, -0.15) is 4.31 Å². The second-order valence-electron chi connectivity index (χ2n) is 7.08. The Kier molecular flexibility index (Phi) is 5.56. The highest BCUT2D eigenvalue weighted by atomic mass is 35.5. The second kappa shape index (κ2) is 7.98. The summed E-state index contributed by atoms with van der Waals surface area (Å²) in [6.45, 7) is 2.45. The molecule has 0 aliphatic carbocycles. The van der Waals surface area contributed by atoms with E-state index in [-0.39, 0.29) is 40.9 Å². The number of nitrogens with zero attached hydrogens (tertiary/aromatic N) is 3. The van der Waals surface area contributed by atoms with Crippen LogP contribution in [0.1, 0.15) is 13.3 Å². The SMILES string of the molecule is CC1CN(S(=O)(=O)c2ccc(Cl)nc2)CCC1C(=O)Nc1ccc2scnc2c1. The molecule has 1 aliphatic rings. The number of carbonyl (C=O) groups excluding carboxylic acids is 1. The Bertz CT molecular complexity index is 1150. The number of benzene rings is 1. The van der Waals surface area contributed by atoms with Crippen LogP contribution in [0.3, 0.4) is 0 Å². The number of piperidine rings is 1. The van der Waals surface area contributed by atoms with Crippen molar-refractivity contribution in [2.75, 3.05) is 18.4 Å². The van der Waals surface area contributed by atoms with Crippen LogP contribution in [0, 0.1) is 11.8 Å². The summed E-state index contributed by atoms with van der Waals surface area (Å²) in [7, 11) is -3.66. The molecule has 0 spiro atoms. The van der Waals surface area contributed by atoms with E-state index in [0.717, 1.165) is 10.2 Å². The first-order valence-corrected chi connectivity index (χ1v) is 11.8. The van der Waals surface area contributed by atoms with E-state index in [2.05, 4.69) is 15.3 Å². The summed E-state index contributed by atoms with van der Waals surface area (Å²) >= 11 is 7.30. The lowest BCUT2D eigenvalue weighted by Crippen LogP contribution is -2.46. The van der Waals surface area contributed by atoms with Gasteiger partial charge < -0.3 is 5.32 Å². The predicted octanol–water partition coefficient (Wildman–Crippen LogP) is 3.63. The third-order valence-corrected chi connectivity index (χ3v) is 8.02. The molecule has 1 saturated heterocycles. The molecule has 1 fully saturated rings. The minimum atomic E-state index is -3.66. The number of halogens is 1. The number of nitrogens with one attached hydrogen (secondary N) is 1. The molecule has 3 heterocycles. The summed E-state index contributed by atoms with van der Waals surface area (Å²) in [4.78, 5) is 21.0. The molecule has 2 aromatic heterocycles. The lowest BCUT2D eigenvalue weighted by molar-refractivity contribution is -0.122. The lowest BCUT2D eigenvalue weighted by atomic mass is 9.87. The quantitative estimate of drug-likeness (QED) is 0.613. The molecule has 7 nitrogen and oxygen atoms in total. The van der Waals surface area contributed by atoms with Crippen LogP contribution in [0.2, 0.25) is 5.15 Å². The molecule has 4 rings (SSSR count). The normalized spacial score (nSPS) is 20.6. The highest BCUT2D eigenvalue weighted by Crippen LogP contribution is 2.29. The maximum absolute atomic E-state index is 12.8. The van der Waals surface area contributed by atoms with E-state index in [1.165, 1.54) is 22.6 Å². The largest absolute Gasteiger partial charge is 0.326 e. The topological polar surface area (TPSA) is 92.3 Å². The van der Waals surface area contributed by atoms with Gasteiger partial charge >= 0.3 is 0 Å². The van der Waals surface area contributed by atoms with Crippen LogP contribution in [0.4, 0.5) is 5.69 Å². The number of hydrogen-bond donors (Lipinski definition) is 1. The maximum atomic E-state index is 12.8. The van der Waals surface area contributed by atoms with Crippen molar-refractivity contribution >= 4 is 54.8 Å². The Labute approximate surface area is 177 Å². The van der Waals surface area contributed by atoms with Crippen LogP contribution in [-0.4, -0.2) is 41.7 Å². The molecule has 0 radical (unpaired) electrons. The smallest absolute Gasteiger partial charge is 0.244 e. The third kappa shape index (κ3) is 4.13. The standard InChI is InChI=1S/C19H19ClN4O3S2/c1-12-10-24(29(26,27)14-3-5-18(20)21-9-14)7-6-15(12)19(25)23-13-2-4-17-16(8-13)22-11-28-17/h2-5,8-9,11-12,15H,6-7,10H2,1H3,(H,23,25). The van der Waals surface area contributed by atoms with Gasteiger partial charge in [-0.25, -0.2) is 18.4 Å². The fourth-order valence-electron chi connectivity index (χ4n) is 3.55. The minimum absolute atomic E-state index is 0.0997. The van der Waals surface area contributed by atoms with Crippen LogP contribution >= 0.6 is 22.9 Å². The van der Waals surface area contributed by atoms with Crippen LogP contribution in [0.5, 0.6) is 0 Å². The number of hydrogen-bond acceptors (Lipinski definition) is 6. The average molecular weight is 451 g/mol. The number of pyridine rings is 1. The van der Waals surface area contributed by atoms with Gasteiger partial charge in [0.2, 0.25) is 15.9 Å². The van der Waals surface area contributed by atoms with Gasteiger partial charge in [0.1, 0.15) is 10.0 Å². The molecule has 2 unspecified atom stereocenters. The number of sulfonamides is 1. The van der Waals surface area contributed by atoms with Crippen molar-refractivity contribution in [1.29, 1.82) is 0 Å². The van der Waals surface area contributed by atoms with Gasteiger partial charge in [0.05, 0.1) is 15.7 Å². The summed E-state index contributed by atoms with van der Waals surface area (Å²) in [5.74, 6) is -0.491. The van der Waals surface area contributed by atoms with Crippen LogP contribution in [-0.2, 0) is 14.8 Å². The monoisotopic (exact) mass is 450 g/mol. The first-order valence-electron chi connectivity index (χ1n) is 9.10. The van der Waals surface area contributed by atoms with Crippen molar-refractivity contribution in [2.24, 2.45) is 11.8 Å². The number of rotatable bonds is 4. The highest BCUT2D eigenvalue weighted by molar-refractivity contribution is 7.89. The van der Waals surface area contributed by atoms with Crippen molar-refractivity contribution in [3.63, 3.8) is 0 Å². The van der Waals surface area contributed by atoms with E-state index >= 15 is 0 Å². The van der Waals surface area contributed by atoms with Gasteiger partial charge in [0, 0.05) is 30.9 Å². The van der Waals surface area contributed by atoms with Crippen molar-refractivity contribution in [1.82, 2.24) is 14.3 Å². The van der Waals surface area contributed by atoms with Gasteiger partial charge in [-0.3, -0.25) is 4.79 Å². The van der Waals surface area contributed by atoms with E-state index in [4.69, 9.17) is 11.6 Å². The lowest BCUT2D eigenvalue weighted by Gasteiger charge is -2.35. The predicted molar refractivity (Wildman–Crippen MR) is 114 cm³/mol. The van der Waals surface area contributed by atoms with Crippen molar-refractivity contribution in [3.8, 4) is 0 Å². The van der Waals surface area contributed by atoms with Gasteiger partial charge in [-0.05, 0) is 42.7 Å². The number of amides is 1. The number of anilines is 1. The minimum Gasteiger partial charge on any atom is -0.326 e. The molecule has 1 aromatic carbocycles. The molecule has 1 amide bonds. The summed E-state index contributed by atoms with van der Waals surface area (Å²) < 4.78 is 28.2. The Morgan fingerprint density at radius 3 is 2.83 bits per heavy atom. The summed E-state index contributed by atoms with van der Waals surface area (Å²) in [5.41, 5.74) is 3.31. The Balaban J connectivity index is 1.44. The van der Waals surface area contributed by atoms with Crippen LogP contribution in [0.25, 0.3) is 10.2 Å². The fraction of sp³-hybridized carbons (Fsp3) is 0.316. The van der Waals surface area contributed by atoms with Crippen molar-refractivity contribution in [3.05, 3.63) is 47.2 Å². The van der Waals surface area contributed by atoms with Crippen molar-refractivity contribution in [2.45, 2.75) is 18.2 Å². The van der Waals surface area contributed by atoms with E-state index in [9.17, 15) is 13.2 Å². The van der Waals surface area contributed by atoms with E-state index < -0.39 is 10.0 Å². The number of thiazole rings is 1. The number of aromatic nitrogens is 2. The molecular weight excluding hydrogens is 432 g/mol. The highest BCUT2D eigenvalue weighted by Gasteiger charge is 2.36. The van der Waals surface area contributed by atoms with Crippen molar-refractivity contribution < 1.29 is 13.2 Å². The Morgan fingerprint density at radius 2 is 2.10 bits per heavy atom. The molecule has 1 aliphatic heterocycles. The Hall–Kier alpha value is -2.07. The zero-order chi connectivity index (χ0) is 20.6. The summed E-state index contributed by atoms with van der Waals surface area (Å²) in [6, 6.07) is 8.54. The fourth-order valence-corrected chi connectivity index (χ4v) is 5.82. The van der Waals surface area contributed by atoms with Gasteiger partial charge in [0.15, 0.2) is 0 Å². The number of carbonyl (C=O) groups is 1. The first-order chi connectivity index (χ1) is 13.8. The third-order valence-electron chi connectivity index (χ3n) is 5.14. The second-order valence-corrected chi connectivity index (χ2v) is 10.3. The maximum Gasteiger partial charge on any atom is 0.244 e. The molecule has 29 heavy (non-hydrogen) atoms. The zero-order valence-electron chi connectivity index (χ0n) is 15.6. The molecule has 0 bridgehead atoms. The van der Waals surface area contributed by atoms with E-state index in [1.807, 2.05) is 25.1 Å². The molecule has 152 valence electrons. The van der Waals surface area contributed by atoms with Gasteiger partial charge in [-0.1, -0.05) is 18.5 Å². The van der Waals surface area contributed by atoms with Gasteiger partial charge in [-0.15, -0.1) is 11.3 Å². The Morgan fingerprint density at radius 1 is 1.28 bits per heavy atom. The van der Waals surface area contributed by atoms with E-state index in [1.54, 1.807) is 16.8 Å². The van der Waals surface area contributed by atoms with Gasteiger partial charge in [0.25, 0.3) is 0 Å². The summed E-state index contributed by atoms with van der Waals surface area (Å²) in [6.07, 6.45) is 1.71. The molecule has 1 N–H and O–H groups in total.